The van der Waals surface area contributed by atoms with Crippen molar-refractivity contribution in [2.75, 3.05) is 5.88 Å². The highest BCUT2D eigenvalue weighted by Crippen LogP contribution is 2.23. The third kappa shape index (κ3) is 2.59. The molecule has 0 atom stereocenters. The fourth-order valence-corrected chi connectivity index (χ4v) is 1.86. The van der Waals surface area contributed by atoms with Crippen LogP contribution < -0.4 is 0 Å². The van der Waals surface area contributed by atoms with Crippen LogP contribution in [0.5, 0.6) is 0 Å². The molecule has 0 spiro atoms. The minimum atomic E-state index is -0.360. The summed E-state index contributed by atoms with van der Waals surface area (Å²) in [6.45, 7) is 0. The van der Waals surface area contributed by atoms with Crippen molar-refractivity contribution < 1.29 is 8.81 Å². The summed E-state index contributed by atoms with van der Waals surface area (Å²) in [4.78, 5) is 0. The maximum absolute atomic E-state index is 13.1. The molecule has 2 aromatic rings. The molecular weight excluding hydrogens is 298 g/mol. The van der Waals surface area contributed by atoms with Gasteiger partial charge in [-0.05, 0) is 18.2 Å². The standard InChI is InChI=1S/C10H7BrClFN2O/c11-7-3-6(4-8(13)5-7)10-15-14-9(16-10)1-2-12/h3-5H,1-2H2. The van der Waals surface area contributed by atoms with Gasteiger partial charge in [-0.3, -0.25) is 0 Å². The van der Waals surface area contributed by atoms with E-state index in [2.05, 4.69) is 26.1 Å². The Morgan fingerprint density at radius 1 is 1.31 bits per heavy atom. The maximum atomic E-state index is 13.1. The zero-order chi connectivity index (χ0) is 11.5. The summed E-state index contributed by atoms with van der Waals surface area (Å²) in [5, 5.41) is 7.63. The number of alkyl halides is 1. The van der Waals surface area contributed by atoms with Crippen LogP contribution in [0.15, 0.2) is 27.1 Å². The Balaban J connectivity index is 2.34. The summed E-state index contributed by atoms with van der Waals surface area (Å²) in [6, 6.07) is 4.41. The second kappa shape index (κ2) is 4.93. The van der Waals surface area contributed by atoms with Crippen LogP contribution in [0.25, 0.3) is 11.5 Å². The van der Waals surface area contributed by atoms with Crippen LogP contribution in [0.3, 0.4) is 0 Å². The second-order valence-corrected chi connectivity index (χ2v) is 4.39. The lowest BCUT2D eigenvalue weighted by Crippen LogP contribution is -1.84. The highest BCUT2D eigenvalue weighted by molar-refractivity contribution is 9.10. The molecule has 3 nitrogen and oxygen atoms in total. The third-order valence-electron chi connectivity index (χ3n) is 1.88. The quantitative estimate of drug-likeness (QED) is 0.816. The molecule has 0 N–H and O–H groups in total. The van der Waals surface area contributed by atoms with Crippen molar-refractivity contribution in [3.8, 4) is 11.5 Å². The van der Waals surface area contributed by atoms with Crippen molar-refractivity contribution in [1.29, 1.82) is 0 Å². The first-order valence-electron chi connectivity index (χ1n) is 4.54. The molecule has 0 aliphatic rings. The maximum Gasteiger partial charge on any atom is 0.247 e. The first-order valence-corrected chi connectivity index (χ1v) is 5.86. The number of halogens is 3. The van der Waals surface area contributed by atoms with Crippen LogP contribution in [-0.2, 0) is 6.42 Å². The number of rotatable bonds is 3. The van der Waals surface area contributed by atoms with E-state index in [1.165, 1.54) is 12.1 Å². The Bertz CT molecular complexity index is 483. The molecule has 0 fully saturated rings. The fraction of sp³-hybridized carbons (Fsp3) is 0.200. The predicted octanol–water partition coefficient (Wildman–Crippen LogP) is 3.42. The lowest BCUT2D eigenvalue weighted by Gasteiger charge is -1.96. The van der Waals surface area contributed by atoms with Gasteiger partial charge in [-0.15, -0.1) is 21.8 Å². The minimum Gasteiger partial charge on any atom is -0.421 e. The molecule has 2 rings (SSSR count). The summed E-state index contributed by atoms with van der Waals surface area (Å²) >= 11 is 8.74. The lowest BCUT2D eigenvalue weighted by atomic mass is 10.2. The number of aromatic nitrogens is 2. The van der Waals surface area contributed by atoms with Gasteiger partial charge in [-0.2, -0.15) is 0 Å². The van der Waals surface area contributed by atoms with E-state index in [0.29, 0.717) is 34.1 Å². The summed E-state index contributed by atoms with van der Waals surface area (Å²) in [6.07, 6.45) is 0.505. The zero-order valence-electron chi connectivity index (χ0n) is 8.08. The highest BCUT2D eigenvalue weighted by atomic mass is 79.9. The van der Waals surface area contributed by atoms with Gasteiger partial charge < -0.3 is 4.42 Å². The normalized spacial score (nSPS) is 10.7. The molecule has 0 amide bonds. The molecule has 0 saturated heterocycles. The average Bonchev–Trinajstić information content (AvgIpc) is 2.65. The number of benzene rings is 1. The Morgan fingerprint density at radius 3 is 2.81 bits per heavy atom. The smallest absolute Gasteiger partial charge is 0.247 e. The molecule has 0 saturated carbocycles. The first-order chi connectivity index (χ1) is 7.69. The van der Waals surface area contributed by atoms with Gasteiger partial charge in [0.05, 0.1) is 0 Å². The summed E-state index contributed by atoms with van der Waals surface area (Å²) in [7, 11) is 0. The molecular formula is C10H7BrClFN2O. The molecule has 1 heterocycles. The van der Waals surface area contributed by atoms with Crippen LogP contribution in [0.1, 0.15) is 5.89 Å². The summed E-state index contributed by atoms with van der Waals surface area (Å²) in [5.41, 5.74) is 0.542. The minimum absolute atomic E-state index is 0.292. The van der Waals surface area contributed by atoms with Crippen molar-refractivity contribution in [3.05, 3.63) is 34.4 Å². The van der Waals surface area contributed by atoms with E-state index >= 15 is 0 Å². The fourth-order valence-electron chi connectivity index (χ4n) is 1.23. The molecule has 6 heteroatoms. The molecule has 0 bridgehead atoms. The van der Waals surface area contributed by atoms with Gasteiger partial charge in [0, 0.05) is 22.3 Å². The number of hydrogen-bond donors (Lipinski definition) is 0. The molecule has 1 aromatic carbocycles. The Hall–Kier alpha value is -0.940. The van der Waals surface area contributed by atoms with Gasteiger partial charge in [0.2, 0.25) is 11.8 Å². The SMILES string of the molecule is Fc1cc(Br)cc(-c2nnc(CCCl)o2)c1. The van der Waals surface area contributed by atoms with E-state index in [4.69, 9.17) is 16.0 Å². The van der Waals surface area contributed by atoms with E-state index in [-0.39, 0.29) is 5.82 Å². The highest BCUT2D eigenvalue weighted by Gasteiger charge is 2.09. The Morgan fingerprint density at radius 2 is 2.12 bits per heavy atom. The average molecular weight is 306 g/mol. The molecule has 0 aliphatic heterocycles. The van der Waals surface area contributed by atoms with E-state index in [1.54, 1.807) is 6.07 Å². The first kappa shape index (κ1) is 11.5. The molecule has 84 valence electrons. The van der Waals surface area contributed by atoms with Gasteiger partial charge in [0.25, 0.3) is 0 Å². The van der Waals surface area contributed by atoms with Crippen molar-refractivity contribution in [2.45, 2.75) is 6.42 Å². The van der Waals surface area contributed by atoms with E-state index < -0.39 is 0 Å². The Labute approximate surface area is 105 Å². The molecule has 0 unspecified atom stereocenters. The third-order valence-corrected chi connectivity index (χ3v) is 2.53. The van der Waals surface area contributed by atoms with Crippen LogP contribution in [0, 0.1) is 5.82 Å². The van der Waals surface area contributed by atoms with Crippen LogP contribution in [-0.4, -0.2) is 16.1 Å². The van der Waals surface area contributed by atoms with Crippen molar-refractivity contribution in [3.63, 3.8) is 0 Å². The molecule has 1 aromatic heterocycles. The van der Waals surface area contributed by atoms with Crippen molar-refractivity contribution >= 4 is 27.5 Å². The lowest BCUT2D eigenvalue weighted by molar-refractivity contribution is 0.513. The molecule has 0 aliphatic carbocycles. The largest absolute Gasteiger partial charge is 0.421 e. The van der Waals surface area contributed by atoms with Crippen LogP contribution in [0.2, 0.25) is 0 Å². The van der Waals surface area contributed by atoms with Crippen LogP contribution in [0.4, 0.5) is 4.39 Å². The monoisotopic (exact) mass is 304 g/mol. The summed E-state index contributed by atoms with van der Waals surface area (Å²) < 4.78 is 19.1. The second-order valence-electron chi connectivity index (χ2n) is 3.10. The summed E-state index contributed by atoms with van der Waals surface area (Å²) in [5.74, 6) is 0.793. The van der Waals surface area contributed by atoms with Gasteiger partial charge in [0.1, 0.15) is 5.82 Å². The molecule has 16 heavy (non-hydrogen) atoms. The van der Waals surface area contributed by atoms with Gasteiger partial charge >= 0.3 is 0 Å². The molecule has 0 radical (unpaired) electrons. The van der Waals surface area contributed by atoms with E-state index in [1.807, 2.05) is 0 Å². The zero-order valence-corrected chi connectivity index (χ0v) is 10.4. The predicted molar refractivity (Wildman–Crippen MR) is 61.8 cm³/mol. The number of hydrogen-bond acceptors (Lipinski definition) is 3. The number of aryl methyl sites for hydroxylation is 1. The van der Waals surface area contributed by atoms with Gasteiger partial charge in [-0.25, -0.2) is 4.39 Å². The number of nitrogens with zero attached hydrogens (tertiary/aromatic N) is 2. The van der Waals surface area contributed by atoms with Gasteiger partial charge in [0.15, 0.2) is 0 Å². The van der Waals surface area contributed by atoms with Gasteiger partial charge in [-0.1, -0.05) is 15.9 Å². The Kier molecular flexibility index (Phi) is 3.56. The topological polar surface area (TPSA) is 38.9 Å². The van der Waals surface area contributed by atoms with Crippen molar-refractivity contribution in [2.24, 2.45) is 0 Å². The van der Waals surface area contributed by atoms with Crippen LogP contribution >= 0.6 is 27.5 Å². The van der Waals surface area contributed by atoms with E-state index in [0.717, 1.165) is 0 Å². The van der Waals surface area contributed by atoms with E-state index in [9.17, 15) is 4.39 Å². The van der Waals surface area contributed by atoms with Crippen molar-refractivity contribution in [1.82, 2.24) is 10.2 Å².